The van der Waals surface area contributed by atoms with Gasteiger partial charge in [-0.05, 0) is 68.4 Å². The van der Waals surface area contributed by atoms with Crippen molar-refractivity contribution in [2.24, 2.45) is 23.2 Å². The van der Waals surface area contributed by atoms with Gasteiger partial charge >= 0.3 is 0 Å². The summed E-state index contributed by atoms with van der Waals surface area (Å²) in [6.45, 7) is 3.86. The van der Waals surface area contributed by atoms with Crippen LogP contribution < -0.4 is 5.32 Å². The van der Waals surface area contributed by atoms with E-state index in [9.17, 15) is 13.2 Å². The Morgan fingerprint density at radius 2 is 1.50 bits per heavy atom. The van der Waals surface area contributed by atoms with Crippen LogP contribution in [0.1, 0.15) is 38.5 Å². The molecule has 0 aromatic heterocycles. The second-order valence-corrected chi connectivity index (χ2v) is 12.0. The molecule has 5 aliphatic rings. The van der Waals surface area contributed by atoms with Gasteiger partial charge in [0.05, 0.1) is 4.90 Å². The molecule has 4 bridgehead atoms. The van der Waals surface area contributed by atoms with Crippen molar-refractivity contribution >= 4 is 15.9 Å². The van der Waals surface area contributed by atoms with E-state index in [0.717, 1.165) is 43.6 Å². The van der Waals surface area contributed by atoms with E-state index in [0.29, 0.717) is 37.6 Å². The number of nitrogens with one attached hydrogen (secondary N) is 1. The number of nitrogens with zero attached hydrogens (tertiary/aromatic N) is 2. The number of rotatable bonds is 6. The van der Waals surface area contributed by atoms with E-state index in [4.69, 9.17) is 0 Å². The molecule has 4 aliphatic carbocycles. The summed E-state index contributed by atoms with van der Waals surface area (Å²) in [7, 11) is -3.41. The zero-order chi connectivity index (χ0) is 20.8. The number of amides is 1. The summed E-state index contributed by atoms with van der Waals surface area (Å²) in [5.74, 6) is 2.62. The molecule has 1 heterocycles. The predicted molar refractivity (Wildman–Crippen MR) is 115 cm³/mol. The van der Waals surface area contributed by atoms with Crippen LogP contribution in [0, 0.1) is 23.2 Å². The summed E-state index contributed by atoms with van der Waals surface area (Å²) in [5.41, 5.74) is -0.0861. The third kappa shape index (κ3) is 3.80. The molecule has 5 fully saturated rings. The number of piperazine rings is 1. The molecular weight excluding hydrogens is 398 g/mol. The summed E-state index contributed by atoms with van der Waals surface area (Å²) in [6, 6.07) is 8.66. The van der Waals surface area contributed by atoms with Gasteiger partial charge in [0.2, 0.25) is 15.9 Å². The smallest absolute Gasteiger partial charge is 0.243 e. The van der Waals surface area contributed by atoms with Crippen LogP contribution in [-0.2, 0) is 14.8 Å². The van der Waals surface area contributed by atoms with E-state index in [1.807, 2.05) is 6.07 Å². The van der Waals surface area contributed by atoms with Crippen LogP contribution in [0.25, 0.3) is 0 Å². The fraction of sp³-hybridized carbons (Fsp3) is 0.696. The minimum Gasteiger partial charge on any atom is -0.354 e. The molecule has 0 radical (unpaired) electrons. The van der Waals surface area contributed by atoms with E-state index in [1.165, 1.54) is 19.3 Å². The Hall–Kier alpha value is -1.44. The lowest BCUT2D eigenvalue weighted by Gasteiger charge is -2.55. The highest BCUT2D eigenvalue weighted by molar-refractivity contribution is 7.89. The SMILES string of the molecule is O=C(NCCN1CCN(S(=O)(=O)c2ccccc2)CC1)C12CC3CC(CC(C3)C1)C2. The summed E-state index contributed by atoms with van der Waals surface area (Å²) < 4.78 is 27.1. The fourth-order valence-electron chi connectivity index (χ4n) is 6.84. The van der Waals surface area contributed by atoms with Crippen LogP contribution in [0.15, 0.2) is 35.2 Å². The second-order valence-electron chi connectivity index (χ2n) is 10.0. The van der Waals surface area contributed by atoms with Crippen LogP contribution in [0.3, 0.4) is 0 Å². The molecule has 7 heteroatoms. The zero-order valence-corrected chi connectivity index (χ0v) is 18.4. The van der Waals surface area contributed by atoms with Crippen molar-refractivity contribution in [3.05, 3.63) is 30.3 Å². The molecule has 0 unspecified atom stereocenters. The lowest BCUT2D eigenvalue weighted by molar-refractivity contribution is -0.146. The van der Waals surface area contributed by atoms with Crippen molar-refractivity contribution in [3.63, 3.8) is 0 Å². The Balaban J connectivity index is 1.09. The van der Waals surface area contributed by atoms with E-state index in [2.05, 4.69) is 10.2 Å². The topological polar surface area (TPSA) is 69.7 Å². The largest absolute Gasteiger partial charge is 0.354 e. The highest BCUT2D eigenvalue weighted by Crippen LogP contribution is 2.60. The van der Waals surface area contributed by atoms with Crippen LogP contribution in [-0.4, -0.2) is 62.8 Å². The van der Waals surface area contributed by atoms with E-state index < -0.39 is 10.0 Å². The maximum Gasteiger partial charge on any atom is 0.243 e. The summed E-state index contributed by atoms with van der Waals surface area (Å²) in [4.78, 5) is 15.7. The van der Waals surface area contributed by atoms with Crippen LogP contribution in [0.2, 0.25) is 0 Å². The summed E-state index contributed by atoms with van der Waals surface area (Å²) in [5, 5.41) is 3.24. The molecule has 1 saturated heterocycles. The van der Waals surface area contributed by atoms with E-state index in [-0.39, 0.29) is 11.3 Å². The average molecular weight is 432 g/mol. The lowest BCUT2D eigenvalue weighted by atomic mass is 9.49. The molecule has 4 saturated carbocycles. The highest BCUT2D eigenvalue weighted by Gasteiger charge is 2.54. The maximum atomic E-state index is 13.1. The van der Waals surface area contributed by atoms with E-state index in [1.54, 1.807) is 28.6 Å². The normalized spacial score (nSPS) is 34.2. The number of sulfonamides is 1. The van der Waals surface area contributed by atoms with Crippen LogP contribution >= 0.6 is 0 Å². The molecule has 1 aromatic carbocycles. The predicted octanol–water partition coefficient (Wildman–Crippen LogP) is 2.33. The average Bonchev–Trinajstić information content (AvgIpc) is 2.74. The number of benzene rings is 1. The van der Waals surface area contributed by atoms with Gasteiger partial charge in [0, 0.05) is 44.7 Å². The minimum atomic E-state index is -3.41. The lowest BCUT2D eigenvalue weighted by Crippen LogP contribution is -2.55. The number of carbonyl (C=O) groups excluding carboxylic acids is 1. The van der Waals surface area contributed by atoms with Gasteiger partial charge in [-0.15, -0.1) is 0 Å². The van der Waals surface area contributed by atoms with Gasteiger partial charge in [0.15, 0.2) is 0 Å². The Morgan fingerprint density at radius 3 is 2.07 bits per heavy atom. The third-order valence-electron chi connectivity index (χ3n) is 7.95. The van der Waals surface area contributed by atoms with Gasteiger partial charge < -0.3 is 5.32 Å². The molecule has 30 heavy (non-hydrogen) atoms. The summed E-state index contributed by atoms with van der Waals surface area (Å²) in [6.07, 6.45) is 7.34. The minimum absolute atomic E-state index is 0.0861. The first-order chi connectivity index (χ1) is 14.4. The van der Waals surface area contributed by atoms with Crippen molar-refractivity contribution in [1.29, 1.82) is 0 Å². The maximum absolute atomic E-state index is 13.1. The van der Waals surface area contributed by atoms with E-state index >= 15 is 0 Å². The fourth-order valence-corrected chi connectivity index (χ4v) is 8.28. The zero-order valence-electron chi connectivity index (χ0n) is 17.6. The van der Waals surface area contributed by atoms with Crippen LogP contribution in [0.4, 0.5) is 0 Å². The Morgan fingerprint density at radius 1 is 0.933 bits per heavy atom. The number of hydrogen-bond donors (Lipinski definition) is 1. The van der Waals surface area contributed by atoms with Gasteiger partial charge in [-0.2, -0.15) is 4.31 Å². The van der Waals surface area contributed by atoms with Crippen LogP contribution in [0.5, 0.6) is 0 Å². The first-order valence-corrected chi connectivity index (χ1v) is 12.9. The molecule has 164 valence electrons. The molecular formula is C23H33N3O3S. The molecule has 0 spiro atoms. The summed E-state index contributed by atoms with van der Waals surface area (Å²) >= 11 is 0. The van der Waals surface area contributed by atoms with Crippen molar-refractivity contribution in [2.75, 3.05) is 39.3 Å². The van der Waals surface area contributed by atoms with Crippen molar-refractivity contribution in [2.45, 2.75) is 43.4 Å². The first-order valence-electron chi connectivity index (χ1n) is 11.5. The van der Waals surface area contributed by atoms with Crippen molar-refractivity contribution < 1.29 is 13.2 Å². The number of hydrogen-bond acceptors (Lipinski definition) is 4. The molecule has 0 atom stereocenters. The molecule has 6 nitrogen and oxygen atoms in total. The highest BCUT2D eigenvalue weighted by atomic mass is 32.2. The molecule has 1 aliphatic heterocycles. The van der Waals surface area contributed by atoms with Gasteiger partial charge in [-0.3, -0.25) is 9.69 Å². The molecule has 1 aromatic rings. The number of carbonyl (C=O) groups is 1. The Bertz CT molecular complexity index is 843. The van der Waals surface area contributed by atoms with Gasteiger partial charge in [0.25, 0.3) is 0 Å². The Kier molecular flexibility index (Phi) is 5.40. The first kappa shape index (κ1) is 20.5. The quantitative estimate of drug-likeness (QED) is 0.751. The van der Waals surface area contributed by atoms with Gasteiger partial charge in [0.1, 0.15) is 0 Å². The third-order valence-corrected chi connectivity index (χ3v) is 9.86. The molecule has 1 N–H and O–H groups in total. The Labute approximate surface area is 180 Å². The van der Waals surface area contributed by atoms with Crippen molar-refractivity contribution in [3.8, 4) is 0 Å². The van der Waals surface area contributed by atoms with Gasteiger partial charge in [-0.25, -0.2) is 8.42 Å². The monoisotopic (exact) mass is 431 g/mol. The van der Waals surface area contributed by atoms with Crippen molar-refractivity contribution in [1.82, 2.24) is 14.5 Å². The molecule has 1 amide bonds. The second kappa shape index (κ2) is 7.92. The van der Waals surface area contributed by atoms with Gasteiger partial charge in [-0.1, -0.05) is 18.2 Å². The standard InChI is InChI=1S/C23H33N3O3S/c27-22(23-15-18-12-19(16-23)14-20(13-18)17-23)24-6-7-25-8-10-26(11-9-25)30(28,29)21-4-2-1-3-5-21/h1-5,18-20H,6-17H2,(H,24,27). The molecule has 6 rings (SSSR count).